The number of hydrogen-bond acceptors (Lipinski definition) is 3. The first kappa shape index (κ1) is 18.1. The van der Waals surface area contributed by atoms with Gasteiger partial charge in [0.05, 0.1) is 11.3 Å². The third kappa shape index (κ3) is 4.61. The summed E-state index contributed by atoms with van der Waals surface area (Å²) in [5, 5.41) is 11.6. The van der Waals surface area contributed by atoms with Gasteiger partial charge in [0.25, 0.3) is 0 Å². The molecule has 1 N–H and O–H groups in total. The second kappa shape index (κ2) is 8.02. The van der Waals surface area contributed by atoms with E-state index in [1.807, 2.05) is 6.07 Å². The number of rotatable bonds is 5. The molecule has 0 aliphatic heterocycles. The van der Waals surface area contributed by atoms with Crippen LogP contribution in [0.25, 0.3) is 0 Å². The minimum Gasteiger partial charge on any atom is -0.326 e. The molecule has 0 bridgehead atoms. The topological polar surface area (TPSA) is 73.2 Å². The molecule has 2 rings (SSSR count). The van der Waals surface area contributed by atoms with Crippen molar-refractivity contribution in [2.75, 3.05) is 16.8 Å². The van der Waals surface area contributed by atoms with Crippen molar-refractivity contribution < 1.29 is 18.4 Å². The lowest BCUT2D eigenvalue weighted by Gasteiger charge is -2.22. The standard InChI is InChI=1S/C18H15F2N3O2/c1-12(24)23(17-5-3-2-4-13(17)11-21)9-8-18(25)22-14-6-7-15(19)16(20)10-14/h2-7,10H,8-9H2,1H3,(H,22,25). The average Bonchev–Trinajstić information content (AvgIpc) is 2.58. The SMILES string of the molecule is CC(=O)N(CCC(=O)Nc1ccc(F)c(F)c1)c1ccccc1C#N. The Balaban J connectivity index is 2.06. The summed E-state index contributed by atoms with van der Waals surface area (Å²) in [5.74, 6) is -2.85. The Morgan fingerprint density at radius 2 is 1.88 bits per heavy atom. The number of hydrogen-bond donors (Lipinski definition) is 1. The van der Waals surface area contributed by atoms with Crippen LogP contribution in [-0.4, -0.2) is 18.4 Å². The summed E-state index contributed by atoms with van der Waals surface area (Å²) in [6.45, 7) is 1.38. The Labute approximate surface area is 143 Å². The lowest BCUT2D eigenvalue weighted by molar-refractivity contribution is -0.117. The monoisotopic (exact) mass is 343 g/mol. The van der Waals surface area contributed by atoms with Gasteiger partial charge in [0, 0.05) is 31.6 Å². The Hall–Kier alpha value is -3.27. The van der Waals surface area contributed by atoms with Gasteiger partial charge in [-0.15, -0.1) is 0 Å². The molecule has 0 aliphatic rings. The maximum atomic E-state index is 13.1. The van der Waals surface area contributed by atoms with Gasteiger partial charge in [-0.1, -0.05) is 12.1 Å². The van der Waals surface area contributed by atoms with Crippen LogP contribution >= 0.6 is 0 Å². The number of amides is 2. The Kier molecular flexibility index (Phi) is 5.79. The van der Waals surface area contributed by atoms with Crippen molar-refractivity contribution in [1.29, 1.82) is 5.26 Å². The van der Waals surface area contributed by atoms with Crippen LogP contribution in [0.5, 0.6) is 0 Å². The lowest BCUT2D eigenvalue weighted by Crippen LogP contribution is -2.32. The van der Waals surface area contributed by atoms with Crippen LogP contribution in [-0.2, 0) is 9.59 Å². The number of halogens is 2. The fraction of sp³-hybridized carbons (Fsp3) is 0.167. The summed E-state index contributed by atoms with van der Waals surface area (Å²) in [4.78, 5) is 25.2. The lowest BCUT2D eigenvalue weighted by atomic mass is 10.1. The van der Waals surface area contributed by atoms with E-state index < -0.39 is 17.5 Å². The van der Waals surface area contributed by atoms with Gasteiger partial charge >= 0.3 is 0 Å². The van der Waals surface area contributed by atoms with E-state index in [0.29, 0.717) is 11.3 Å². The highest BCUT2D eigenvalue weighted by atomic mass is 19.2. The van der Waals surface area contributed by atoms with Gasteiger partial charge < -0.3 is 10.2 Å². The highest BCUT2D eigenvalue weighted by molar-refractivity contribution is 5.95. The number of benzene rings is 2. The minimum atomic E-state index is -1.06. The maximum absolute atomic E-state index is 13.1. The van der Waals surface area contributed by atoms with Crippen LogP contribution in [0.1, 0.15) is 18.9 Å². The summed E-state index contributed by atoms with van der Waals surface area (Å²) in [6, 6.07) is 11.6. The quantitative estimate of drug-likeness (QED) is 0.906. The fourth-order valence-corrected chi connectivity index (χ4v) is 2.26. The molecule has 0 saturated heterocycles. The molecule has 7 heteroatoms. The third-order valence-electron chi connectivity index (χ3n) is 3.46. The van der Waals surface area contributed by atoms with Gasteiger partial charge in [-0.25, -0.2) is 8.78 Å². The first-order valence-corrected chi connectivity index (χ1v) is 7.44. The molecule has 2 aromatic rings. The molecule has 0 heterocycles. The smallest absolute Gasteiger partial charge is 0.226 e. The predicted octanol–water partition coefficient (Wildman–Crippen LogP) is 3.22. The average molecular weight is 343 g/mol. The molecule has 0 atom stereocenters. The van der Waals surface area contributed by atoms with E-state index in [-0.39, 0.29) is 24.6 Å². The number of carbonyl (C=O) groups is 2. The molecule has 0 aromatic heterocycles. The van der Waals surface area contributed by atoms with Crippen molar-refractivity contribution in [3.8, 4) is 6.07 Å². The van der Waals surface area contributed by atoms with Crippen molar-refractivity contribution in [1.82, 2.24) is 0 Å². The summed E-state index contributed by atoms with van der Waals surface area (Å²) in [6.07, 6.45) is -0.0711. The van der Waals surface area contributed by atoms with Crippen molar-refractivity contribution in [3.05, 3.63) is 59.7 Å². The zero-order valence-electron chi connectivity index (χ0n) is 13.4. The number of nitrogens with zero attached hydrogens (tertiary/aromatic N) is 2. The van der Waals surface area contributed by atoms with E-state index in [2.05, 4.69) is 5.32 Å². The van der Waals surface area contributed by atoms with Crippen LogP contribution in [0, 0.1) is 23.0 Å². The maximum Gasteiger partial charge on any atom is 0.226 e. The van der Waals surface area contributed by atoms with Crippen molar-refractivity contribution in [2.45, 2.75) is 13.3 Å². The van der Waals surface area contributed by atoms with E-state index in [1.165, 1.54) is 17.9 Å². The molecule has 2 aromatic carbocycles. The third-order valence-corrected chi connectivity index (χ3v) is 3.46. The molecule has 0 unspecified atom stereocenters. The number of nitrogens with one attached hydrogen (secondary N) is 1. The molecule has 0 spiro atoms. The minimum absolute atomic E-state index is 0.0452. The molecule has 0 saturated carbocycles. The van der Waals surface area contributed by atoms with E-state index in [1.54, 1.807) is 24.3 Å². The molecule has 128 valence electrons. The van der Waals surface area contributed by atoms with E-state index in [4.69, 9.17) is 5.26 Å². The largest absolute Gasteiger partial charge is 0.326 e. The highest BCUT2D eigenvalue weighted by Gasteiger charge is 2.16. The summed E-state index contributed by atoms with van der Waals surface area (Å²) >= 11 is 0. The van der Waals surface area contributed by atoms with Gasteiger partial charge in [0.1, 0.15) is 6.07 Å². The first-order valence-electron chi connectivity index (χ1n) is 7.44. The van der Waals surface area contributed by atoms with Crippen molar-refractivity contribution in [3.63, 3.8) is 0 Å². The summed E-state index contributed by atoms with van der Waals surface area (Å²) < 4.78 is 26.0. The fourth-order valence-electron chi connectivity index (χ4n) is 2.26. The number of carbonyl (C=O) groups excluding carboxylic acids is 2. The van der Waals surface area contributed by atoms with Crippen molar-refractivity contribution >= 4 is 23.2 Å². The van der Waals surface area contributed by atoms with E-state index >= 15 is 0 Å². The Morgan fingerprint density at radius 1 is 1.16 bits per heavy atom. The second-order valence-electron chi connectivity index (χ2n) is 5.23. The molecule has 0 radical (unpaired) electrons. The molecular weight excluding hydrogens is 328 g/mol. The van der Waals surface area contributed by atoms with Crippen LogP contribution in [0.4, 0.5) is 20.2 Å². The second-order valence-corrected chi connectivity index (χ2v) is 5.23. The normalized spacial score (nSPS) is 10.0. The van der Waals surface area contributed by atoms with Crippen LogP contribution in [0.2, 0.25) is 0 Å². The molecule has 0 fully saturated rings. The van der Waals surface area contributed by atoms with Gasteiger partial charge in [0.2, 0.25) is 11.8 Å². The van der Waals surface area contributed by atoms with Crippen LogP contribution in [0.15, 0.2) is 42.5 Å². The summed E-state index contributed by atoms with van der Waals surface area (Å²) in [5.41, 5.74) is 0.854. The van der Waals surface area contributed by atoms with E-state index in [9.17, 15) is 18.4 Å². The zero-order valence-corrected chi connectivity index (χ0v) is 13.4. The molecule has 2 amide bonds. The number of para-hydroxylation sites is 1. The molecular formula is C18H15F2N3O2. The number of anilines is 2. The van der Waals surface area contributed by atoms with Gasteiger partial charge in [-0.3, -0.25) is 9.59 Å². The van der Waals surface area contributed by atoms with Gasteiger partial charge in [0.15, 0.2) is 11.6 Å². The Bertz CT molecular complexity index is 846. The highest BCUT2D eigenvalue weighted by Crippen LogP contribution is 2.20. The molecule has 0 aliphatic carbocycles. The molecule has 5 nitrogen and oxygen atoms in total. The predicted molar refractivity (Wildman–Crippen MR) is 88.8 cm³/mol. The van der Waals surface area contributed by atoms with Crippen molar-refractivity contribution in [2.24, 2.45) is 0 Å². The molecule has 25 heavy (non-hydrogen) atoms. The first-order chi connectivity index (χ1) is 11.9. The van der Waals surface area contributed by atoms with Crippen LogP contribution < -0.4 is 10.2 Å². The number of nitriles is 1. The van der Waals surface area contributed by atoms with Gasteiger partial charge in [-0.05, 0) is 24.3 Å². The van der Waals surface area contributed by atoms with Crippen LogP contribution in [0.3, 0.4) is 0 Å². The Morgan fingerprint density at radius 3 is 2.52 bits per heavy atom. The zero-order chi connectivity index (χ0) is 18.4. The van der Waals surface area contributed by atoms with E-state index in [0.717, 1.165) is 12.1 Å². The summed E-state index contributed by atoms with van der Waals surface area (Å²) in [7, 11) is 0. The van der Waals surface area contributed by atoms with Gasteiger partial charge in [-0.2, -0.15) is 5.26 Å².